The number of anilines is 1. The third-order valence-electron chi connectivity index (χ3n) is 6.83. The number of rotatable bonds is 7. The van der Waals surface area contributed by atoms with Crippen molar-refractivity contribution in [2.24, 2.45) is 0 Å². The molecule has 1 saturated heterocycles. The number of carbonyl (C=O) groups excluding carboxylic acids is 6. The van der Waals surface area contributed by atoms with Crippen LogP contribution in [0.2, 0.25) is 0 Å². The quantitative estimate of drug-likeness (QED) is 0.292. The summed E-state index contributed by atoms with van der Waals surface area (Å²) in [6.45, 7) is 3.82. The average molecular weight is 559 g/mol. The van der Waals surface area contributed by atoms with E-state index in [9.17, 15) is 28.8 Å². The lowest BCUT2D eigenvalue weighted by Gasteiger charge is -2.27. The van der Waals surface area contributed by atoms with Crippen LogP contribution in [0, 0.1) is 6.92 Å². The number of amides is 6. The topological polar surface area (TPSA) is 169 Å². The summed E-state index contributed by atoms with van der Waals surface area (Å²) in [5.74, 6) is -2.78. The second kappa shape index (κ2) is 11.0. The van der Waals surface area contributed by atoms with Crippen LogP contribution in [0.5, 0.6) is 0 Å². The lowest BCUT2D eigenvalue weighted by molar-refractivity contribution is -0.136. The monoisotopic (exact) mass is 558 g/mol. The van der Waals surface area contributed by atoms with Crippen LogP contribution in [0.3, 0.4) is 0 Å². The van der Waals surface area contributed by atoms with Crippen LogP contribution in [-0.2, 0) is 20.9 Å². The number of urea groups is 1. The fourth-order valence-electron chi connectivity index (χ4n) is 4.75. The van der Waals surface area contributed by atoms with Crippen molar-refractivity contribution < 1.29 is 33.5 Å². The van der Waals surface area contributed by atoms with Crippen LogP contribution in [0.15, 0.2) is 48.7 Å². The second-order valence-corrected chi connectivity index (χ2v) is 9.46. The molecule has 0 saturated carbocycles. The Morgan fingerprint density at radius 1 is 1.05 bits per heavy atom. The van der Waals surface area contributed by atoms with Crippen LogP contribution in [0.25, 0.3) is 5.69 Å². The average Bonchev–Trinajstić information content (AvgIpc) is 3.45. The first kappa shape index (κ1) is 27.2. The van der Waals surface area contributed by atoms with Gasteiger partial charge in [-0.25, -0.2) is 14.3 Å². The maximum Gasteiger partial charge on any atom is 0.341 e. The molecule has 6 amide bonds. The fourth-order valence-corrected chi connectivity index (χ4v) is 4.75. The summed E-state index contributed by atoms with van der Waals surface area (Å²) in [6, 6.07) is 9.91. The molecule has 0 radical (unpaired) electrons. The standard InChI is InChI=1S/C28H26N6O7/c1-3-41-27(39)21-14-30-34(15(21)2)18-7-5-17(6-8-18)31-28(40)29-13-16-4-9-19-20(12-16)26(38)33(25(19)37)22-10-11-23(35)32-24(22)36/h4-9,12,14,22H,3,10-11,13H2,1-2H3,(H2,29,31,40)(H,32,35,36). The van der Waals surface area contributed by atoms with Gasteiger partial charge in [0.25, 0.3) is 11.8 Å². The number of hydrogen-bond acceptors (Lipinski definition) is 8. The normalized spacial score (nSPS) is 16.3. The predicted molar refractivity (Wildman–Crippen MR) is 143 cm³/mol. The Bertz CT molecular complexity index is 1590. The van der Waals surface area contributed by atoms with Gasteiger partial charge in [0.2, 0.25) is 11.8 Å². The van der Waals surface area contributed by atoms with Crippen molar-refractivity contribution in [1.29, 1.82) is 0 Å². The zero-order chi connectivity index (χ0) is 29.3. The van der Waals surface area contributed by atoms with Crippen LogP contribution in [-0.4, -0.2) is 63.0 Å². The Labute approximate surface area is 233 Å². The molecule has 1 atom stereocenters. The van der Waals surface area contributed by atoms with Gasteiger partial charge in [0, 0.05) is 18.7 Å². The van der Waals surface area contributed by atoms with Gasteiger partial charge in [0.05, 0.1) is 35.3 Å². The van der Waals surface area contributed by atoms with E-state index in [0.717, 1.165) is 4.90 Å². The first-order valence-electron chi connectivity index (χ1n) is 12.9. The summed E-state index contributed by atoms with van der Waals surface area (Å²) in [6.07, 6.45) is 1.56. The highest BCUT2D eigenvalue weighted by Crippen LogP contribution is 2.28. The minimum absolute atomic E-state index is 0.0378. The lowest BCUT2D eigenvalue weighted by Crippen LogP contribution is -2.54. The molecule has 1 fully saturated rings. The summed E-state index contributed by atoms with van der Waals surface area (Å²) in [5.41, 5.74) is 3.06. The van der Waals surface area contributed by atoms with E-state index >= 15 is 0 Å². The number of fused-ring (bicyclic) bond motifs is 1. The molecule has 2 aromatic carbocycles. The molecular formula is C28H26N6O7. The van der Waals surface area contributed by atoms with Gasteiger partial charge in [-0.1, -0.05) is 6.07 Å². The summed E-state index contributed by atoms with van der Waals surface area (Å²) in [7, 11) is 0. The first-order chi connectivity index (χ1) is 19.7. The molecule has 3 heterocycles. The molecule has 3 aromatic rings. The van der Waals surface area contributed by atoms with Crippen LogP contribution >= 0.6 is 0 Å². The van der Waals surface area contributed by atoms with Gasteiger partial charge < -0.3 is 15.4 Å². The molecule has 0 aliphatic carbocycles. The fraction of sp³-hybridized carbons (Fsp3) is 0.250. The maximum atomic E-state index is 13.0. The van der Waals surface area contributed by atoms with E-state index in [1.54, 1.807) is 48.9 Å². The molecule has 0 spiro atoms. The summed E-state index contributed by atoms with van der Waals surface area (Å²) >= 11 is 0. The molecule has 2 aliphatic heterocycles. The number of nitrogens with one attached hydrogen (secondary N) is 3. The number of piperidine rings is 1. The molecule has 2 aliphatic rings. The van der Waals surface area contributed by atoms with Crippen molar-refractivity contribution in [1.82, 2.24) is 25.3 Å². The maximum absolute atomic E-state index is 13.0. The van der Waals surface area contributed by atoms with Crippen LogP contribution in [0.1, 0.15) is 62.1 Å². The van der Waals surface area contributed by atoms with Gasteiger partial charge in [0.1, 0.15) is 11.6 Å². The molecule has 13 nitrogen and oxygen atoms in total. The zero-order valence-corrected chi connectivity index (χ0v) is 22.2. The van der Waals surface area contributed by atoms with Gasteiger partial charge in [-0.05, 0) is 62.2 Å². The highest BCUT2D eigenvalue weighted by Gasteiger charge is 2.44. The van der Waals surface area contributed by atoms with E-state index in [1.165, 1.54) is 18.3 Å². The Kier molecular flexibility index (Phi) is 7.34. The molecule has 5 rings (SSSR count). The number of hydrogen-bond donors (Lipinski definition) is 3. The third-order valence-corrected chi connectivity index (χ3v) is 6.83. The van der Waals surface area contributed by atoms with E-state index in [2.05, 4.69) is 21.0 Å². The van der Waals surface area contributed by atoms with E-state index < -0.39 is 41.7 Å². The minimum atomic E-state index is -1.05. The Balaban J connectivity index is 1.19. The molecule has 1 aromatic heterocycles. The number of nitrogens with zero attached hydrogens (tertiary/aromatic N) is 3. The largest absolute Gasteiger partial charge is 0.462 e. The Hall–Kier alpha value is -5.33. The Morgan fingerprint density at radius 3 is 2.49 bits per heavy atom. The zero-order valence-electron chi connectivity index (χ0n) is 22.2. The van der Waals surface area contributed by atoms with Gasteiger partial charge in [0.15, 0.2) is 0 Å². The number of ether oxygens (including phenoxy) is 1. The van der Waals surface area contributed by atoms with Gasteiger partial charge in [-0.3, -0.25) is 29.4 Å². The van der Waals surface area contributed by atoms with Gasteiger partial charge in [-0.2, -0.15) is 5.10 Å². The van der Waals surface area contributed by atoms with E-state index in [-0.39, 0.29) is 37.1 Å². The second-order valence-electron chi connectivity index (χ2n) is 9.46. The van der Waals surface area contributed by atoms with Gasteiger partial charge in [-0.15, -0.1) is 0 Å². The molecule has 41 heavy (non-hydrogen) atoms. The van der Waals surface area contributed by atoms with Crippen molar-refractivity contribution in [3.8, 4) is 5.69 Å². The SMILES string of the molecule is CCOC(=O)c1cnn(-c2ccc(NC(=O)NCc3ccc4c(c3)C(=O)N(C3CCC(=O)NC3=O)C4=O)cc2)c1C. The molecule has 13 heteroatoms. The molecule has 3 N–H and O–H groups in total. The highest BCUT2D eigenvalue weighted by molar-refractivity contribution is 6.23. The predicted octanol–water partition coefficient (Wildman–Crippen LogP) is 2.08. The highest BCUT2D eigenvalue weighted by atomic mass is 16.5. The van der Waals surface area contributed by atoms with Crippen molar-refractivity contribution in [3.63, 3.8) is 0 Å². The Morgan fingerprint density at radius 2 is 1.78 bits per heavy atom. The minimum Gasteiger partial charge on any atom is -0.462 e. The van der Waals surface area contributed by atoms with Crippen molar-refractivity contribution in [2.75, 3.05) is 11.9 Å². The summed E-state index contributed by atoms with van der Waals surface area (Å²) in [5, 5.41) is 11.8. The molecule has 1 unspecified atom stereocenters. The van der Waals surface area contributed by atoms with Gasteiger partial charge >= 0.3 is 12.0 Å². The number of benzene rings is 2. The molecule has 0 bridgehead atoms. The van der Waals surface area contributed by atoms with Crippen LogP contribution in [0.4, 0.5) is 10.5 Å². The first-order valence-corrected chi connectivity index (χ1v) is 12.9. The van der Waals surface area contributed by atoms with E-state index in [1.807, 2.05) is 0 Å². The van der Waals surface area contributed by atoms with E-state index in [0.29, 0.717) is 28.2 Å². The number of aromatic nitrogens is 2. The summed E-state index contributed by atoms with van der Waals surface area (Å²) < 4.78 is 6.63. The number of esters is 1. The number of imide groups is 2. The van der Waals surface area contributed by atoms with Crippen molar-refractivity contribution >= 4 is 41.3 Å². The smallest absolute Gasteiger partial charge is 0.341 e. The summed E-state index contributed by atoms with van der Waals surface area (Å²) in [4.78, 5) is 75.0. The molecular weight excluding hydrogens is 532 g/mol. The number of carbonyl (C=O) groups is 6. The lowest BCUT2D eigenvalue weighted by atomic mass is 10.0. The third kappa shape index (κ3) is 5.29. The van der Waals surface area contributed by atoms with Crippen LogP contribution < -0.4 is 16.0 Å². The van der Waals surface area contributed by atoms with Crippen molar-refractivity contribution in [2.45, 2.75) is 39.3 Å². The van der Waals surface area contributed by atoms with E-state index in [4.69, 9.17) is 4.74 Å². The molecule has 210 valence electrons. The van der Waals surface area contributed by atoms with Crippen molar-refractivity contribution in [3.05, 3.63) is 76.6 Å².